The van der Waals surface area contributed by atoms with Gasteiger partial charge in [-0.15, -0.1) is 11.3 Å². The predicted molar refractivity (Wildman–Crippen MR) is 149 cm³/mol. The maximum atomic E-state index is 13.8. The third-order valence-electron chi connectivity index (χ3n) is 7.55. The number of carbonyl (C=O) groups excluding carboxylic acids is 2. The molecule has 6 nitrogen and oxygen atoms in total. The molecule has 2 fully saturated rings. The second kappa shape index (κ2) is 12.7. The van der Waals surface area contributed by atoms with E-state index in [4.69, 9.17) is 0 Å². The minimum Gasteiger partial charge on any atom is -0.340 e. The van der Waals surface area contributed by atoms with E-state index in [1.54, 1.807) is 4.90 Å². The van der Waals surface area contributed by atoms with E-state index in [2.05, 4.69) is 22.3 Å². The van der Waals surface area contributed by atoms with Crippen molar-refractivity contribution < 1.29 is 14.0 Å². The molecule has 1 aromatic heterocycles. The fourth-order valence-corrected chi connectivity index (χ4v) is 6.17. The summed E-state index contributed by atoms with van der Waals surface area (Å²) < 4.78 is 13.6. The van der Waals surface area contributed by atoms with Crippen molar-refractivity contribution in [2.24, 2.45) is 0 Å². The molecule has 1 N–H and O–H groups in total. The first-order valence-electron chi connectivity index (χ1n) is 13.4. The maximum Gasteiger partial charge on any atom is 0.264 e. The Bertz CT molecular complexity index is 1180. The zero-order valence-electron chi connectivity index (χ0n) is 21.6. The highest BCUT2D eigenvalue weighted by molar-refractivity contribution is 7.12. The minimum absolute atomic E-state index is 0.0201. The Balaban J connectivity index is 1.39. The molecule has 2 unspecified atom stereocenters. The molecule has 3 heterocycles. The van der Waals surface area contributed by atoms with Gasteiger partial charge in [-0.2, -0.15) is 0 Å². The fraction of sp³-hybridized carbons (Fsp3) is 0.400. The highest BCUT2D eigenvalue weighted by Gasteiger charge is 2.43. The first-order valence-corrected chi connectivity index (χ1v) is 14.3. The van der Waals surface area contributed by atoms with Crippen molar-refractivity contribution in [2.45, 2.75) is 37.9 Å². The van der Waals surface area contributed by atoms with E-state index in [0.717, 1.165) is 38.0 Å². The van der Waals surface area contributed by atoms with Gasteiger partial charge in [-0.1, -0.05) is 48.5 Å². The van der Waals surface area contributed by atoms with Crippen LogP contribution in [0.5, 0.6) is 0 Å². The van der Waals surface area contributed by atoms with Crippen LogP contribution in [0.2, 0.25) is 0 Å². The van der Waals surface area contributed by atoms with Gasteiger partial charge < -0.3 is 15.1 Å². The van der Waals surface area contributed by atoms with Crippen LogP contribution < -0.4 is 5.32 Å². The van der Waals surface area contributed by atoms with Crippen LogP contribution in [0.25, 0.3) is 0 Å². The first kappa shape index (κ1) is 26.5. The van der Waals surface area contributed by atoms with Crippen LogP contribution in [0.15, 0.2) is 72.1 Å². The lowest BCUT2D eigenvalue weighted by Crippen LogP contribution is -2.48. The number of rotatable bonds is 8. The Hall–Kier alpha value is -3.07. The number of hydrogen-bond acceptors (Lipinski definition) is 5. The zero-order chi connectivity index (χ0) is 26.3. The molecule has 0 radical (unpaired) electrons. The molecular formula is C30H35FN4O2S. The number of thiophene rings is 1. The Morgan fingerprint density at radius 2 is 1.79 bits per heavy atom. The van der Waals surface area contributed by atoms with Crippen LogP contribution in [-0.4, -0.2) is 77.9 Å². The molecule has 2 aliphatic heterocycles. The average Bonchev–Trinajstić information content (AvgIpc) is 3.57. The highest BCUT2D eigenvalue weighted by atomic mass is 32.1. The molecule has 2 atom stereocenters. The summed E-state index contributed by atoms with van der Waals surface area (Å²) in [5.74, 6) is -0.278. The molecule has 0 bridgehead atoms. The molecular weight excluding hydrogens is 499 g/mol. The summed E-state index contributed by atoms with van der Waals surface area (Å²) in [6.07, 6.45) is 2.36. The number of benzene rings is 2. The van der Waals surface area contributed by atoms with E-state index < -0.39 is 6.04 Å². The van der Waals surface area contributed by atoms with Crippen LogP contribution in [-0.2, 0) is 17.8 Å². The molecule has 5 rings (SSSR count). The van der Waals surface area contributed by atoms with E-state index in [1.807, 2.05) is 52.7 Å². The van der Waals surface area contributed by atoms with Crippen LogP contribution in [0.4, 0.5) is 4.39 Å². The summed E-state index contributed by atoms with van der Waals surface area (Å²) in [4.78, 5) is 34.2. The molecule has 0 spiro atoms. The smallest absolute Gasteiger partial charge is 0.264 e. The van der Waals surface area contributed by atoms with E-state index in [1.165, 1.54) is 29.0 Å². The molecule has 0 aliphatic carbocycles. The van der Waals surface area contributed by atoms with Gasteiger partial charge in [0.15, 0.2) is 0 Å². The topological polar surface area (TPSA) is 55.9 Å². The molecule has 2 aliphatic rings. The minimum atomic E-state index is -0.486. The third kappa shape index (κ3) is 6.49. The zero-order valence-corrected chi connectivity index (χ0v) is 22.4. The van der Waals surface area contributed by atoms with Gasteiger partial charge in [0.2, 0.25) is 5.91 Å². The van der Waals surface area contributed by atoms with Crippen molar-refractivity contribution in [3.63, 3.8) is 0 Å². The van der Waals surface area contributed by atoms with Crippen molar-refractivity contribution in [1.82, 2.24) is 20.0 Å². The maximum absolute atomic E-state index is 13.8. The summed E-state index contributed by atoms with van der Waals surface area (Å²) in [5, 5.41) is 5.26. The molecule has 2 saturated heterocycles. The Labute approximate surface area is 228 Å². The number of carbonyl (C=O) groups is 2. The van der Waals surface area contributed by atoms with Crippen molar-refractivity contribution in [1.29, 1.82) is 0 Å². The van der Waals surface area contributed by atoms with E-state index >= 15 is 0 Å². The Morgan fingerprint density at radius 3 is 2.55 bits per heavy atom. The van der Waals surface area contributed by atoms with Crippen molar-refractivity contribution >= 4 is 23.2 Å². The Kier molecular flexibility index (Phi) is 8.83. The van der Waals surface area contributed by atoms with E-state index in [0.29, 0.717) is 37.5 Å². The second-order valence-electron chi connectivity index (χ2n) is 10.1. The standard InChI is InChI=1S/C30H35FN4O2S/c31-25-11-9-24(10-12-25)21-34(17-13-23-6-2-1-3-7-23)26-20-27(29(36)33-16-5-14-32-15-18-33)35(22-26)30(37)28-8-4-19-38-28/h1-4,6-12,19,26-27,32H,5,13-18,20-22H2. The number of hydrogen-bond donors (Lipinski definition) is 1. The molecule has 38 heavy (non-hydrogen) atoms. The third-order valence-corrected chi connectivity index (χ3v) is 8.41. The molecule has 2 aromatic carbocycles. The van der Waals surface area contributed by atoms with Crippen LogP contribution >= 0.6 is 11.3 Å². The highest BCUT2D eigenvalue weighted by Crippen LogP contribution is 2.28. The van der Waals surface area contributed by atoms with E-state index in [-0.39, 0.29) is 23.7 Å². The van der Waals surface area contributed by atoms with Crippen LogP contribution in [0.1, 0.15) is 33.6 Å². The van der Waals surface area contributed by atoms with Gasteiger partial charge in [0.1, 0.15) is 11.9 Å². The molecule has 0 saturated carbocycles. The average molecular weight is 535 g/mol. The lowest BCUT2D eigenvalue weighted by Gasteiger charge is -2.29. The molecule has 8 heteroatoms. The van der Waals surface area contributed by atoms with Gasteiger partial charge in [0.25, 0.3) is 5.91 Å². The van der Waals surface area contributed by atoms with Gasteiger partial charge in [-0.3, -0.25) is 14.5 Å². The van der Waals surface area contributed by atoms with Crippen molar-refractivity contribution in [2.75, 3.05) is 39.3 Å². The number of nitrogens with zero attached hydrogens (tertiary/aromatic N) is 3. The van der Waals surface area contributed by atoms with Crippen LogP contribution in [0, 0.1) is 5.82 Å². The Morgan fingerprint density at radius 1 is 0.974 bits per heavy atom. The second-order valence-corrected chi connectivity index (χ2v) is 11.0. The van der Waals surface area contributed by atoms with Crippen molar-refractivity contribution in [3.8, 4) is 0 Å². The predicted octanol–water partition coefficient (Wildman–Crippen LogP) is 4.04. The number of likely N-dealkylation sites (tertiary alicyclic amines) is 1. The van der Waals surface area contributed by atoms with Gasteiger partial charge >= 0.3 is 0 Å². The number of halogens is 1. The summed E-state index contributed by atoms with van der Waals surface area (Å²) in [6.45, 7) is 4.95. The SMILES string of the molecule is O=C(C1CC(N(CCc2ccccc2)Cc2ccc(F)cc2)CN1C(=O)c1cccs1)N1CCCNCC1. The molecule has 2 amide bonds. The monoisotopic (exact) mass is 534 g/mol. The normalized spacial score (nSPS) is 20.1. The quantitative estimate of drug-likeness (QED) is 0.474. The number of amides is 2. The molecule has 3 aromatic rings. The fourth-order valence-electron chi connectivity index (χ4n) is 5.49. The largest absolute Gasteiger partial charge is 0.340 e. The lowest BCUT2D eigenvalue weighted by atomic mass is 10.1. The summed E-state index contributed by atoms with van der Waals surface area (Å²) in [6, 6.07) is 20.2. The van der Waals surface area contributed by atoms with Gasteiger partial charge in [-0.05, 0) is 60.5 Å². The summed E-state index contributed by atoms with van der Waals surface area (Å²) in [5.41, 5.74) is 2.26. The van der Waals surface area contributed by atoms with Gasteiger partial charge in [0, 0.05) is 45.3 Å². The number of nitrogens with one attached hydrogen (secondary N) is 1. The van der Waals surface area contributed by atoms with Gasteiger partial charge in [-0.25, -0.2) is 4.39 Å². The van der Waals surface area contributed by atoms with Crippen LogP contribution in [0.3, 0.4) is 0 Å². The first-order chi connectivity index (χ1) is 18.6. The van der Waals surface area contributed by atoms with Crippen molar-refractivity contribution in [3.05, 3.63) is 93.9 Å². The lowest BCUT2D eigenvalue weighted by molar-refractivity contribution is -0.135. The summed E-state index contributed by atoms with van der Waals surface area (Å²) >= 11 is 1.42. The van der Waals surface area contributed by atoms with E-state index in [9.17, 15) is 14.0 Å². The summed E-state index contributed by atoms with van der Waals surface area (Å²) in [7, 11) is 0. The van der Waals surface area contributed by atoms with Gasteiger partial charge in [0.05, 0.1) is 4.88 Å². The molecule has 200 valence electrons.